The summed E-state index contributed by atoms with van der Waals surface area (Å²) < 4.78 is 11.7. The average Bonchev–Trinajstić information content (AvgIpc) is 3.19. The first-order valence-electron chi connectivity index (χ1n) is 6.08. The van der Waals surface area contributed by atoms with E-state index >= 15 is 0 Å². The molecule has 0 atom stereocenters. The minimum atomic E-state index is -0.485. The maximum Gasteiger partial charge on any atom is 0.336 e. The van der Waals surface area contributed by atoms with Crippen LogP contribution in [0.5, 0.6) is 5.75 Å². The molecule has 0 unspecified atom stereocenters. The van der Waals surface area contributed by atoms with Crippen LogP contribution in [0.4, 0.5) is 0 Å². The summed E-state index contributed by atoms with van der Waals surface area (Å²) in [6.45, 7) is 0. The Labute approximate surface area is 119 Å². The summed E-state index contributed by atoms with van der Waals surface area (Å²) in [5.74, 6) is 0.531. The number of tetrazole rings is 1. The van der Waals surface area contributed by atoms with Gasteiger partial charge in [-0.05, 0) is 52.9 Å². The summed E-state index contributed by atoms with van der Waals surface area (Å²) in [7, 11) is 0. The fourth-order valence-electron chi connectivity index (χ4n) is 1.63. The number of aromatic nitrogens is 4. The lowest BCUT2D eigenvalue weighted by Gasteiger charge is -2.02. The van der Waals surface area contributed by atoms with Gasteiger partial charge < -0.3 is 9.15 Å². The van der Waals surface area contributed by atoms with Crippen LogP contribution in [0.1, 0.15) is 5.76 Å². The summed E-state index contributed by atoms with van der Waals surface area (Å²) in [4.78, 5) is 11.6. The van der Waals surface area contributed by atoms with Gasteiger partial charge in [-0.3, -0.25) is 0 Å². The Balaban J connectivity index is 1.64. The Bertz CT molecular complexity index is 731. The molecule has 0 fully saturated rings. The largest absolute Gasteiger partial charge is 0.465 e. The molecule has 0 saturated carbocycles. The highest BCUT2D eigenvalue weighted by atomic mass is 16.5. The van der Waals surface area contributed by atoms with E-state index in [1.807, 2.05) is 0 Å². The normalized spacial score (nSPS) is 10.9. The van der Waals surface area contributed by atoms with Gasteiger partial charge in [0.15, 0.2) is 0 Å². The van der Waals surface area contributed by atoms with E-state index in [1.165, 1.54) is 29.4 Å². The van der Waals surface area contributed by atoms with Gasteiger partial charge in [0.25, 0.3) is 0 Å². The first-order chi connectivity index (χ1) is 10.3. The van der Waals surface area contributed by atoms with Crippen molar-refractivity contribution < 1.29 is 13.9 Å². The predicted molar refractivity (Wildman–Crippen MR) is 72.5 cm³/mol. The number of rotatable bonds is 4. The molecule has 2 aromatic heterocycles. The van der Waals surface area contributed by atoms with Gasteiger partial charge in [-0.15, -0.1) is 5.10 Å². The summed E-state index contributed by atoms with van der Waals surface area (Å²) >= 11 is 0. The molecule has 0 saturated heterocycles. The Hall–Kier alpha value is -3.22. The zero-order chi connectivity index (χ0) is 14.5. The standard InChI is InChI=1S/C14H10N4O3/c19-14(8-7-12-2-1-9-20-12)21-13-5-3-11(4-6-13)18-10-15-16-17-18/h1-10H. The zero-order valence-electron chi connectivity index (χ0n) is 10.8. The lowest BCUT2D eigenvalue weighted by atomic mass is 10.3. The number of furan rings is 1. The molecule has 0 aliphatic heterocycles. The Morgan fingerprint density at radius 2 is 2.10 bits per heavy atom. The maximum atomic E-state index is 11.6. The molecule has 7 heteroatoms. The van der Waals surface area contributed by atoms with Crippen molar-refractivity contribution in [2.75, 3.05) is 0 Å². The number of nitrogens with zero attached hydrogens (tertiary/aromatic N) is 4. The van der Waals surface area contributed by atoms with Crippen LogP contribution in [0.15, 0.2) is 59.5 Å². The van der Waals surface area contributed by atoms with E-state index in [9.17, 15) is 4.79 Å². The Kier molecular flexibility index (Phi) is 3.55. The first-order valence-corrected chi connectivity index (χ1v) is 6.08. The molecule has 2 heterocycles. The van der Waals surface area contributed by atoms with Crippen molar-refractivity contribution >= 4 is 12.0 Å². The van der Waals surface area contributed by atoms with Crippen LogP contribution < -0.4 is 4.74 Å². The molecule has 0 amide bonds. The molecule has 104 valence electrons. The Morgan fingerprint density at radius 1 is 1.24 bits per heavy atom. The smallest absolute Gasteiger partial charge is 0.336 e. The van der Waals surface area contributed by atoms with Crippen LogP contribution >= 0.6 is 0 Å². The minimum absolute atomic E-state index is 0.431. The number of carbonyl (C=O) groups excluding carboxylic acids is 1. The van der Waals surface area contributed by atoms with Gasteiger partial charge >= 0.3 is 5.97 Å². The summed E-state index contributed by atoms with van der Waals surface area (Å²) in [5.41, 5.74) is 0.769. The lowest BCUT2D eigenvalue weighted by Crippen LogP contribution is -2.03. The summed E-state index contributed by atoms with van der Waals surface area (Å²) in [6, 6.07) is 10.3. The monoisotopic (exact) mass is 282 g/mol. The second-order valence-electron chi connectivity index (χ2n) is 4.02. The van der Waals surface area contributed by atoms with Crippen molar-refractivity contribution in [3.63, 3.8) is 0 Å². The highest BCUT2D eigenvalue weighted by Crippen LogP contribution is 2.14. The number of ether oxygens (including phenoxy) is 1. The van der Waals surface area contributed by atoms with Crippen LogP contribution in [0.2, 0.25) is 0 Å². The van der Waals surface area contributed by atoms with Gasteiger partial charge in [0.2, 0.25) is 0 Å². The van der Waals surface area contributed by atoms with Gasteiger partial charge in [0.05, 0.1) is 12.0 Å². The second kappa shape index (κ2) is 5.83. The van der Waals surface area contributed by atoms with Crippen LogP contribution in [0.25, 0.3) is 11.8 Å². The molecular formula is C14H10N4O3. The molecule has 3 rings (SSSR count). The fraction of sp³-hybridized carbons (Fsp3) is 0. The van der Waals surface area contributed by atoms with Crippen molar-refractivity contribution in [3.05, 3.63) is 60.8 Å². The number of esters is 1. The molecule has 1 aromatic carbocycles. The minimum Gasteiger partial charge on any atom is -0.465 e. The topological polar surface area (TPSA) is 83.0 Å². The molecule has 0 radical (unpaired) electrons. The maximum absolute atomic E-state index is 11.6. The molecular weight excluding hydrogens is 272 g/mol. The van der Waals surface area contributed by atoms with Crippen LogP contribution in [0, 0.1) is 0 Å². The first kappa shape index (κ1) is 12.8. The molecule has 0 aliphatic rings. The summed E-state index contributed by atoms with van der Waals surface area (Å²) in [6.07, 6.45) is 5.85. The molecule has 3 aromatic rings. The average molecular weight is 282 g/mol. The van der Waals surface area contributed by atoms with Crippen molar-refractivity contribution in [2.24, 2.45) is 0 Å². The van der Waals surface area contributed by atoms with E-state index < -0.39 is 5.97 Å². The van der Waals surface area contributed by atoms with Crippen molar-refractivity contribution in [1.82, 2.24) is 20.2 Å². The third-order valence-corrected chi connectivity index (χ3v) is 2.60. The number of benzene rings is 1. The molecule has 21 heavy (non-hydrogen) atoms. The number of carbonyl (C=O) groups is 1. The highest BCUT2D eigenvalue weighted by molar-refractivity contribution is 5.88. The third-order valence-electron chi connectivity index (χ3n) is 2.60. The van der Waals surface area contributed by atoms with Crippen LogP contribution in [0.3, 0.4) is 0 Å². The van der Waals surface area contributed by atoms with E-state index in [0.29, 0.717) is 11.5 Å². The summed E-state index contributed by atoms with van der Waals surface area (Å²) in [5, 5.41) is 10.9. The van der Waals surface area contributed by atoms with Gasteiger partial charge in [-0.1, -0.05) is 0 Å². The van der Waals surface area contributed by atoms with Crippen LogP contribution in [-0.2, 0) is 4.79 Å². The number of hydrogen-bond donors (Lipinski definition) is 0. The van der Waals surface area contributed by atoms with E-state index in [2.05, 4.69) is 15.5 Å². The Morgan fingerprint density at radius 3 is 2.76 bits per heavy atom. The third kappa shape index (κ3) is 3.21. The van der Waals surface area contributed by atoms with Gasteiger partial charge in [0.1, 0.15) is 17.8 Å². The van der Waals surface area contributed by atoms with Gasteiger partial charge in [-0.25, -0.2) is 9.48 Å². The highest BCUT2D eigenvalue weighted by Gasteiger charge is 2.02. The van der Waals surface area contributed by atoms with E-state index in [1.54, 1.807) is 36.4 Å². The fourth-order valence-corrected chi connectivity index (χ4v) is 1.63. The van der Waals surface area contributed by atoms with Crippen LogP contribution in [-0.4, -0.2) is 26.2 Å². The molecule has 7 nitrogen and oxygen atoms in total. The lowest BCUT2D eigenvalue weighted by molar-refractivity contribution is -0.128. The zero-order valence-corrected chi connectivity index (χ0v) is 10.8. The van der Waals surface area contributed by atoms with E-state index in [-0.39, 0.29) is 0 Å². The van der Waals surface area contributed by atoms with Gasteiger partial charge in [0, 0.05) is 6.08 Å². The quantitative estimate of drug-likeness (QED) is 0.412. The molecule has 0 aliphatic carbocycles. The van der Waals surface area contributed by atoms with E-state index in [0.717, 1.165) is 5.69 Å². The van der Waals surface area contributed by atoms with E-state index in [4.69, 9.17) is 9.15 Å². The SMILES string of the molecule is O=C(C=Cc1ccco1)Oc1ccc(-n2cnnn2)cc1. The van der Waals surface area contributed by atoms with Gasteiger partial charge in [-0.2, -0.15) is 0 Å². The van der Waals surface area contributed by atoms with Crippen molar-refractivity contribution in [3.8, 4) is 11.4 Å². The number of hydrogen-bond acceptors (Lipinski definition) is 6. The van der Waals surface area contributed by atoms with Crippen molar-refractivity contribution in [1.29, 1.82) is 0 Å². The second-order valence-corrected chi connectivity index (χ2v) is 4.02. The molecule has 0 spiro atoms. The predicted octanol–water partition coefficient (Wildman–Crippen LogP) is 1.87. The molecule has 0 bridgehead atoms. The van der Waals surface area contributed by atoms with Crippen molar-refractivity contribution in [2.45, 2.75) is 0 Å². The molecule has 0 N–H and O–H groups in total.